The van der Waals surface area contributed by atoms with Crippen LogP contribution in [0, 0.1) is 5.92 Å². The van der Waals surface area contributed by atoms with E-state index >= 15 is 0 Å². The molecule has 2 aromatic rings. The van der Waals surface area contributed by atoms with Gasteiger partial charge in [0.05, 0.1) is 22.4 Å². The Labute approximate surface area is 99.4 Å². The topological polar surface area (TPSA) is 31.9 Å². The molecule has 0 radical (unpaired) electrons. The third-order valence-corrected chi connectivity index (χ3v) is 3.57. The average Bonchev–Trinajstić information content (AvgIpc) is 2.84. The molecule has 3 rings (SSSR count). The van der Waals surface area contributed by atoms with Gasteiger partial charge in [-0.15, -0.1) is 0 Å². The van der Waals surface area contributed by atoms with Gasteiger partial charge in [-0.05, 0) is 24.5 Å². The van der Waals surface area contributed by atoms with E-state index in [2.05, 4.69) is 28.1 Å². The van der Waals surface area contributed by atoms with E-state index in [4.69, 9.17) is 11.6 Å². The van der Waals surface area contributed by atoms with Gasteiger partial charge in [-0.3, -0.25) is 5.10 Å². The molecule has 1 atom stereocenters. The zero-order valence-corrected chi connectivity index (χ0v) is 9.96. The maximum Gasteiger partial charge on any atom is 0.0672 e. The molecule has 1 unspecified atom stereocenters. The van der Waals surface area contributed by atoms with Crippen molar-refractivity contribution in [3.8, 4) is 0 Å². The van der Waals surface area contributed by atoms with Crippen LogP contribution in [0.1, 0.15) is 13.3 Å². The minimum atomic E-state index is 0.758. The van der Waals surface area contributed by atoms with E-state index in [1.165, 1.54) is 6.42 Å². The van der Waals surface area contributed by atoms with E-state index < -0.39 is 0 Å². The number of halogens is 1. The molecule has 0 saturated carbocycles. The second-order valence-corrected chi connectivity index (χ2v) is 5.01. The summed E-state index contributed by atoms with van der Waals surface area (Å²) in [5, 5.41) is 8.90. The smallest absolute Gasteiger partial charge is 0.0672 e. The quantitative estimate of drug-likeness (QED) is 0.824. The molecule has 1 aromatic heterocycles. The number of anilines is 1. The van der Waals surface area contributed by atoms with Gasteiger partial charge in [0.15, 0.2) is 0 Å². The summed E-state index contributed by atoms with van der Waals surface area (Å²) in [4.78, 5) is 2.35. The van der Waals surface area contributed by atoms with Crippen molar-refractivity contribution in [2.45, 2.75) is 13.3 Å². The van der Waals surface area contributed by atoms with Crippen molar-refractivity contribution in [3.63, 3.8) is 0 Å². The Morgan fingerprint density at radius 3 is 3.12 bits per heavy atom. The fourth-order valence-electron chi connectivity index (χ4n) is 2.35. The SMILES string of the molecule is CC1CCN(c2cc3[nH]ncc3cc2Cl)C1. The van der Waals surface area contributed by atoms with Gasteiger partial charge in [0, 0.05) is 18.5 Å². The number of nitrogens with zero attached hydrogens (tertiary/aromatic N) is 2. The van der Waals surface area contributed by atoms with Gasteiger partial charge >= 0.3 is 0 Å². The Bertz CT molecular complexity index is 520. The van der Waals surface area contributed by atoms with Crippen molar-refractivity contribution in [3.05, 3.63) is 23.4 Å². The molecule has 1 fully saturated rings. The number of H-pyrrole nitrogens is 1. The molecule has 1 aliphatic rings. The summed E-state index contributed by atoms with van der Waals surface area (Å²) in [6, 6.07) is 4.08. The zero-order valence-electron chi connectivity index (χ0n) is 9.20. The summed E-state index contributed by atoms with van der Waals surface area (Å²) in [5.74, 6) is 0.758. The molecule has 3 nitrogen and oxygen atoms in total. The number of benzene rings is 1. The van der Waals surface area contributed by atoms with Gasteiger partial charge in [0.1, 0.15) is 0 Å². The van der Waals surface area contributed by atoms with Crippen molar-refractivity contribution in [1.29, 1.82) is 0 Å². The van der Waals surface area contributed by atoms with Crippen molar-refractivity contribution < 1.29 is 0 Å². The summed E-state index contributed by atoms with van der Waals surface area (Å²) in [5.41, 5.74) is 2.18. The van der Waals surface area contributed by atoms with Gasteiger partial charge in [-0.25, -0.2) is 0 Å². The van der Waals surface area contributed by atoms with Crippen LogP contribution in [0.5, 0.6) is 0 Å². The van der Waals surface area contributed by atoms with Crippen molar-refractivity contribution >= 4 is 28.2 Å². The van der Waals surface area contributed by atoms with Crippen LogP contribution in [0.15, 0.2) is 18.3 Å². The highest BCUT2D eigenvalue weighted by Crippen LogP contribution is 2.33. The Hall–Kier alpha value is -1.22. The Morgan fingerprint density at radius 2 is 2.38 bits per heavy atom. The molecule has 0 aliphatic carbocycles. The third-order valence-electron chi connectivity index (χ3n) is 3.27. The first-order valence-corrected chi connectivity index (χ1v) is 5.99. The van der Waals surface area contributed by atoms with E-state index in [9.17, 15) is 0 Å². The Balaban J connectivity index is 2.05. The lowest BCUT2D eigenvalue weighted by Crippen LogP contribution is -2.19. The van der Waals surface area contributed by atoms with Crippen LogP contribution in [0.25, 0.3) is 10.9 Å². The summed E-state index contributed by atoms with van der Waals surface area (Å²) in [6.45, 7) is 4.47. The number of rotatable bonds is 1. The van der Waals surface area contributed by atoms with E-state index in [-0.39, 0.29) is 0 Å². The van der Waals surface area contributed by atoms with Crippen LogP contribution >= 0.6 is 11.6 Å². The minimum absolute atomic E-state index is 0.758. The molecule has 0 amide bonds. The minimum Gasteiger partial charge on any atom is -0.370 e. The lowest BCUT2D eigenvalue weighted by Gasteiger charge is -2.19. The molecule has 1 saturated heterocycles. The lowest BCUT2D eigenvalue weighted by atomic mass is 10.2. The second-order valence-electron chi connectivity index (χ2n) is 4.60. The number of aromatic nitrogens is 2. The van der Waals surface area contributed by atoms with Crippen molar-refractivity contribution in [2.75, 3.05) is 18.0 Å². The standard InChI is InChI=1S/C12H14ClN3/c1-8-2-3-16(7-8)12-5-11-9(4-10(12)13)6-14-15-11/h4-6,8H,2-3,7H2,1H3,(H,14,15). The van der Waals surface area contributed by atoms with E-state index in [0.29, 0.717) is 0 Å². The highest BCUT2D eigenvalue weighted by atomic mass is 35.5. The summed E-state index contributed by atoms with van der Waals surface area (Å²) in [7, 11) is 0. The van der Waals surface area contributed by atoms with E-state index in [1.807, 2.05) is 6.07 Å². The van der Waals surface area contributed by atoms with Crippen LogP contribution < -0.4 is 4.90 Å². The lowest BCUT2D eigenvalue weighted by molar-refractivity contribution is 0.659. The third kappa shape index (κ3) is 1.55. The number of hydrogen-bond acceptors (Lipinski definition) is 2. The van der Waals surface area contributed by atoms with Crippen LogP contribution in [-0.2, 0) is 0 Å². The Morgan fingerprint density at radius 1 is 1.50 bits per heavy atom. The summed E-state index contributed by atoms with van der Waals surface area (Å²) < 4.78 is 0. The highest BCUT2D eigenvalue weighted by molar-refractivity contribution is 6.34. The van der Waals surface area contributed by atoms with E-state index in [0.717, 1.165) is 40.6 Å². The zero-order chi connectivity index (χ0) is 11.1. The fraction of sp³-hybridized carbons (Fsp3) is 0.417. The van der Waals surface area contributed by atoms with Gasteiger partial charge in [-0.1, -0.05) is 18.5 Å². The van der Waals surface area contributed by atoms with Crippen LogP contribution in [-0.4, -0.2) is 23.3 Å². The van der Waals surface area contributed by atoms with Gasteiger partial charge in [0.25, 0.3) is 0 Å². The van der Waals surface area contributed by atoms with Crippen molar-refractivity contribution in [1.82, 2.24) is 10.2 Å². The highest BCUT2D eigenvalue weighted by Gasteiger charge is 2.21. The number of aromatic amines is 1. The number of hydrogen-bond donors (Lipinski definition) is 1. The molecule has 0 spiro atoms. The largest absolute Gasteiger partial charge is 0.370 e. The molecule has 2 heterocycles. The first kappa shape index (κ1) is 9.97. The predicted octanol–water partition coefficient (Wildman–Crippen LogP) is 3.06. The van der Waals surface area contributed by atoms with Gasteiger partial charge < -0.3 is 4.90 Å². The number of nitrogens with one attached hydrogen (secondary N) is 1. The van der Waals surface area contributed by atoms with Gasteiger partial charge in [0.2, 0.25) is 0 Å². The normalized spacial score (nSPS) is 20.9. The molecule has 1 aromatic carbocycles. The molecule has 1 aliphatic heterocycles. The molecular formula is C12H14ClN3. The number of fused-ring (bicyclic) bond motifs is 1. The van der Waals surface area contributed by atoms with Crippen LogP contribution in [0.2, 0.25) is 5.02 Å². The first-order chi connectivity index (χ1) is 7.74. The molecule has 4 heteroatoms. The maximum absolute atomic E-state index is 6.30. The van der Waals surface area contributed by atoms with E-state index in [1.54, 1.807) is 6.20 Å². The molecule has 16 heavy (non-hydrogen) atoms. The predicted molar refractivity (Wildman–Crippen MR) is 67.1 cm³/mol. The second kappa shape index (κ2) is 3.67. The fourth-order valence-corrected chi connectivity index (χ4v) is 2.64. The first-order valence-electron chi connectivity index (χ1n) is 5.61. The maximum atomic E-state index is 6.30. The average molecular weight is 236 g/mol. The molecular weight excluding hydrogens is 222 g/mol. The molecule has 0 bridgehead atoms. The summed E-state index contributed by atoms with van der Waals surface area (Å²) >= 11 is 6.30. The molecule has 84 valence electrons. The Kier molecular flexibility index (Phi) is 2.28. The molecule has 1 N–H and O–H groups in total. The van der Waals surface area contributed by atoms with Crippen LogP contribution in [0.3, 0.4) is 0 Å². The summed E-state index contributed by atoms with van der Waals surface area (Å²) in [6.07, 6.45) is 3.05. The van der Waals surface area contributed by atoms with Gasteiger partial charge in [-0.2, -0.15) is 5.10 Å². The monoisotopic (exact) mass is 235 g/mol. The van der Waals surface area contributed by atoms with Crippen molar-refractivity contribution in [2.24, 2.45) is 5.92 Å². The van der Waals surface area contributed by atoms with Crippen LogP contribution in [0.4, 0.5) is 5.69 Å².